The molecule has 1 atom stereocenters. The zero-order valence-electron chi connectivity index (χ0n) is 16.9. The van der Waals surface area contributed by atoms with Crippen molar-refractivity contribution in [2.45, 2.75) is 13.0 Å². The van der Waals surface area contributed by atoms with Crippen molar-refractivity contribution in [3.05, 3.63) is 53.3 Å². The maximum Gasteiger partial charge on any atom is 0.414 e. The van der Waals surface area contributed by atoms with Gasteiger partial charge in [-0.25, -0.2) is 9.18 Å². The first kappa shape index (κ1) is 20.4. The summed E-state index contributed by atoms with van der Waals surface area (Å²) >= 11 is 0. The summed E-state index contributed by atoms with van der Waals surface area (Å²) < 4.78 is 25.3. The summed E-state index contributed by atoms with van der Waals surface area (Å²) in [6, 6.07) is 9.46. The van der Waals surface area contributed by atoms with Crippen molar-refractivity contribution in [1.82, 2.24) is 5.32 Å². The Balaban J connectivity index is 1.57. The van der Waals surface area contributed by atoms with Crippen LogP contribution in [0.3, 0.4) is 0 Å². The molecule has 0 radical (unpaired) electrons. The van der Waals surface area contributed by atoms with Gasteiger partial charge in [-0.05, 0) is 42.5 Å². The van der Waals surface area contributed by atoms with Crippen LogP contribution in [0.4, 0.5) is 20.6 Å². The highest BCUT2D eigenvalue weighted by molar-refractivity contribution is 6.35. The number of hydrogen-bond acceptors (Lipinski definition) is 5. The average molecular weight is 425 g/mol. The number of halogens is 1. The molecule has 2 aliphatic heterocycles. The predicted octanol–water partition coefficient (Wildman–Crippen LogP) is 2.79. The largest absolute Gasteiger partial charge is 0.497 e. The highest BCUT2D eigenvalue weighted by atomic mass is 19.1. The number of benzene rings is 2. The lowest BCUT2D eigenvalue weighted by Crippen LogP contribution is -2.33. The maximum absolute atomic E-state index is 14.8. The number of hydrogen-bond donors (Lipinski definition) is 2. The van der Waals surface area contributed by atoms with E-state index in [9.17, 15) is 18.8 Å². The van der Waals surface area contributed by atoms with Crippen molar-refractivity contribution in [2.24, 2.45) is 0 Å². The molecule has 9 heteroatoms. The van der Waals surface area contributed by atoms with Crippen LogP contribution in [0.25, 0.3) is 11.6 Å². The van der Waals surface area contributed by atoms with Crippen LogP contribution in [-0.4, -0.2) is 44.2 Å². The van der Waals surface area contributed by atoms with E-state index < -0.39 is 18.0 Å². The van der Waals surface area contributed by atoms with Crippen molar-refractivity contribution in [3.8, 4) is 5.75 Å². The molecule has 31 heavy (non-hydrogen) atoms. The minimum Gasteiger partial charge on any atom is -0.497 e. The number of cyclic esters (lactones) is 1. The lowest BCUT2D eigenvalue weighted by Gasteiger charge is -2.14. The molecule has 2 heterocycles. The Morgan fingerprint density at radius 1 is 1.32 bits per heavy atom. The first-order valence-corrected chi connectivity index (χ1v) is 9.59. The summed E-state index contributed by atoms with van der Waals surface area (Å²) in [7, 11) is 1.53. The Morgan fingerprint density at radius 3 is 2.84 bits per heavy atom. The van der Waals surface area contributed by atoms with Gasteiger partial charge in [0, 0.05) is 29.3 Å². The number of carbonyl (C=O) groups excluding carboxylic acids is 3. The summed E-state index contributed by atoms with van der Waals surface area (Å²) in [4.78, 5) is 36.8. The van der Waals surface area contributed by atoms with Crippen LogP contribution < -0.4 is 20.3 Å². The second-order valence-electron chi connectivity index (χ2n) is 7.18. The fraction of sp³-hybridized carbons (Fsp3) is 0.227. The summed E-state index contributed by atoms with van der Waals surface area (Å²) in [6.07, 6.45) is 0.327. The second kappa shape index (κ2) is 8.10. The molecule has 0 saturated carbocycles. The van der Waals surface area contributed by atoms with Crippen molar-refractivity contribution in [1.29, 1.82) is 0 Å². The highest BCUT2D eigenvalue weighted by Gasteiger charge is 2.33. The molecule has 2 aliphatic rings. The van der Waals surface area contributed by atoms with E-state index in [4.69, 9.17) is 9.47 Å². The Labute approximate surface area is 177 Å². The molecule has 0 aromatic heterocycles. The van der Waals surface area contributed by atoms with E-state index in [2.05, 4.69) is 10.6 Å². The molecule has 2 aromatic carbocycles. The number of rotatable bonds is 5. The smallest absolute Gasteiger partial charge is 0.414 e. The minimum absolute atomic E-state index is 0.183. The van der Waals surface area contributed by atoms with Crippen LogP contribution in [-0.2, 0) is 14.3 Å². The third kappa shape index (κ3) is 4.07. The van der Waals surface area contributed by atoms with Crippen LogP contribution in [0.1, 0.15) is 18.1 Å². The Hall–Kier alpha value is -3.88. The highest BCUT2D eigenvalue weighted by Crippen LogP contribution is 2.36. The second-order valence-corrected chi connectivity index (χ2v) is 7.18. The van der Waals surface area contributed by atoms with E-state index in [1.807, 2.05) is 0 Å². The SMILES string of the molecule is COc1ccc2c(c1)/C(=C\c1ccc(N3C[C@H](CNC(C)=O)OC3=O)cc1F)C(=O)N2. The summed E-state index contributed by atoms with van der Waals surface area (Å²) in [6.45, 7) is 1.74. The number of nitrogens with zero attached hydrogens (tertiary/aromatic N) is 1. The van der Waals surface area contributed by atoms with E-state index in [1.165, 1.54) is 37.1 Å². The van der Waals surface area contributed by atoms with Crippen molar-refractivity contribution in [3.63, 3.8) is 0 Å². The van der Waals surface area contributed by atoms with Gasteiger partial charge in [0.15, 0.2) is 0 Å². The number of carbonyl (C=O) groups is 3. The van der Waals surface area contributed by atoms with Gasteiger partial charge in [-0.3, -0.25) is 14.5 Å². The van der Waals surface area contributed by atoms with Gasteiger partial charge in [0.1, 0.15) is 17.7 Å². The molecule has 3 amide bonds. The van der Waals surface area contributed by atoms with E-state index in [-0.39, 0.29) is 30.5 Å². The molecule has 0 aliphatic carbocycles. The zero-order chi connectivity index (χ0) is 22.1. The van der Waals surface area contributed by atoms with Crippen molar-refractivity contribution >= 4 is 40.9 Å². The lowest BCUT2D eigenvalue weighted by atomic mass is 10.0. The summed E-state index contributed by atoms with van der Waals surface area (Å²) in [5, 5.41) is 5.33. The van der Waals surface area contributed by atoms with E-state index in [1.54, 1.807) is 24.3 Å². The number of nitrogens with one attached hydrogen (secondary N) is 2. The van der Waals surface area contributed by atoms with E-state index in [0.29, 0.717) is 28.3 Å². The van der Waals surface area contributed by atoms with Crippen molar-refractivity contribution in [2.75, 3.05) is 30.4 Å². The van der Waals surface area contributed by atoms with Crippen molar-refractivity contribution < 1.29 is 28.2 Å². The molecule has 160 valence electrons. The number of fused-ring (bicyclic) bond motifs is 1. The third-order valence-corrected chi connectivity index (χ3v) is 5.06. The molecule has 1 fully saturated rings. The van der Waals surface area contributed by atoms with Gasteiger partial charge in [-0.1, -0.05) is 0 Å². The first-order chi connectivity index (χ1) is 14.9. The topological polar surface area (TPSA) is 97.0 Å². The fourth-order valence-electron chi connectivity index (χ4n) is 3.49. The van der Waals surface area contributed by atoms with Crippen LogP contribution in [0, 0.1) is 5.82 Å². The van der Waals surface area contributed by atoms with Crippen LogP contribution >= 0.6 is 0 Å². The molecule has 2 N–H and O–H groups in total. The molecule has 4 rings (SSSR count). The zero-order valence-corrected chi connectivity index (χ0v) is 16.9. The molecule has 2 aromatic rings. The minimum atomic E-state index is -0.614. The van der Waals surface area contributed by atoms with Crippen LogP contribution in [0.2, 0.25) is 0 Å². The van der Waals surface area contributed by atoms with Gasteiger partial charge in [0.2, 0.25) is 5.91 Å². The molecule has 0 spiro atoms. The quantitative estimate of drug-likeness (QED) is 0.718. The molecule has 0 bridgehead atoms. The Kier molecular flexibility index (Phi) is 5.33. The van der Waals surface area contributed by atoms with E-state index >= 15 is 0 Å². The molecule has 8 nitrogen and oxygen atoms in total. The average Bonchev–Trinajstić information content (AvgIpc) is 3.26. The van der Waals surface area contributed by atoms with Gasteiger partial charge in [-0.2, -0.15) is 0 Å². The Morgan fingerprint density at radius 2 is 2.13 bits per heavy atom. The predicted molar refractivity (Wildman–Crippen MR) is 112 cm³/mol. The summed E-state index contributed by atoms with van der Waals surface area (Å²) in [5.41, 5.74) is 2.09. The monoisotopic (exact) mass is 425 g/mol. The number of ether oxygens (including phenoxy) is 2. The van der Waals surface area contributed by atoms with Crippen LogP contribution in [0.5, 0.6) is 5.75 Å². The standard InChI is InChI=1S/C22H20FN3O5/c1-12(27)24-10-16-11-26(22(29)31-16)14-4-3-13(19(23)8-14)7-18-17-9-15(30-2)5-6-20(17)25-21(18)28/h3-9,16H,10-11H2,1-2H3,(H,24,27)(H,25,28)/b18-7+/t16-/m0/s1. The number of amides is 3. The Bertz CT molecular complexity index is 1110. The van der Waals surface area contributed by atoms with Gasteiger partial charge in [-0.15, -0.1) is 0 Å². The fourth-order valence-corrected chi connectivity index (χ4v) is 3.49. The molecule has 0 unspecified atom stereocenters. The van der Waals surface area contributed by atoms with E-state index in [0.717, 1.165) is 0 Å². The lowest BCUT2D eigenvalue weighted by molar-refractivity contribution is -0.119. The number of methoxy groups -OCH3 is 1. The molecular weight excluding hydrogens is 405 g/mol. The van der Waals surface area contributed by atoms with Gasteiger partial charge in [0.05, 0.1) is 25.9 Å². The van der Waals surface area contributed by atoms with Crippen LogP contribution in [0.15, 0.2) is 36.4 Å². The first-order valence-electron chi connectivity index (χ1n) is 9.59. The maximum atomic E-state index is 14.8. The normalized spacial score (nSPS) is 18.6. The number of anilines is 2. The molecular formula is C22H20FN3O5. The van der Waals surface area contributed by atoms with Gasteiger partial charge >= 0.3 is 6.09 Å². The van der Waals surface area contributed by atoms with Gasteiger partial charge < -0.3 is 20.1 Å². The summed E-state index contributed by atoms with van der Waals surface area (Å²) in [5.74, 6) is -0.575. The molecule has 1 saturated heterocycles. The van der Waals surface area contributed by atoms with Gasteiger partial charge in [0.25, 0.3) is 5.91 Å². The third-order valence-electron chi connectivity index (χ3n) is 5.06.